The van der Waals surface area contributed by atoms with Crippen LogP contribution in [0.3, 0.4) is 0 Å². The number of hydrogen-bond acceptors (Lipinski definition) is 1. The molecule has 0 spiro atoms. The van der Waals surface area contributed by atoms with Gasteiger partial charge in [-0.05, 0) is 30.3 Å². The number of halogens is 1. The van der Waals surface area contributed by atoms with E-state index < -0.39 is 11.9 Å². The molecule has 0 aliphatic carbocycles. The molecule has 0 fully saturated rings. The third kappa shape index (κ3) is 3.22. The zero-order chi connectivity index (χ0) is 13.7. The Morgan fingerprint density at radius 1 is 1.05 bits per heavy atom. The summed E-state index contributed by atoms with van der Waals surface area (Å²) in [6.45, 7) is 0. The monoisotopic (exact) mass is 250 g/mol. The third-order valence-electron chi connectivity index (χ3n) is 2.58. The first-order chi connectivity index (χ1) is 9.20. The second-order valence-electron chi connectivity index (χ2n) is 3.92. The van der Waals surface area contributed by atoms with Crippen molar-refractivity contribution in [1.82, 2.24) is 0 Å². The molecule has 0 aliphatic heterocycles. The molecule has 2 aromatic carbocycles. The summed E-state index contributed by atoms with van der Waals surface area (Å²) in [7, 11) is 0. The minimum Gasteiger partial charge on any atom is -0.376 e. The van der Waals surface area contributed by atoms with Crippen LogP contribution in [0.4, 0.5) is 4.39 Å². The molecule has 0 bridgehead atoms. The van der Waals surface area contributed by atoms with Crippen LogP contribution < -0.4 is 0 Å². The fraction of sp³-hybridized carbons (Fsp3) is 0.0588. The van der Waals surface area contributed by atoms with E-state index in [2.05, 4.69) is 17.8 Å². The van der Waals surface area contributed by atoms with Crippen molar-refractivity contribution in [2.75, 3.05) is 0 Å². The third-order valence-corrected chi connectivity index (χ3v) is 2.58. The van der Waals surface area contributed by atoms with E-state index in [1.54, 1.807) is 0 Å². The molecule has 92 valence electrons. The van der Waals surface area contributed by atoms with Crippen molar-refractivity contribution in [3.8, 4) is 24.2 Å². The number of terminal acetylenes is 1. The van der Waals surface area contributed by atoms with Gasteiger partial charge >= 0.3 is 0 Å². The Bertz CT molecular complexity index is 672. The Labute approximate surface area is 111 Å². The molecule has 2 aromatic rings. The normalized spacial score (nSPS) is 11.0. The summed E-state index contributed by atoms with van der Waals surface area (Å²) < 4.78 is 13.2. The standard InChI is InChI=1S/C17H11FO/c1-2-17(19)16-12-15(18)11-10-14(16)9-8-13-6-4-3-5-7-13/h1,3-7,10-12,17,19H. The average molecular weight is 250 g/mol. The van der Waals surface area contributed by atoms with E-state index in [9.17, 15) is 9.50 Å². The van der Waals surface area contributed by atoms with E-state index in [0.29, 0.717) is 11.1 Å². The minimum atomic E-state index is -1.16. The highest BCUT2D eigenvalue weighted by Crippen LogP contribution is 2.18. The molecular weight excluding hydrogens is 239 g/mol. The van der Waals surface area contributed by atoms with Crippen LogP contribution >= 0.6 is 0 Å². The second-order valence-corrected chi connectivity index (χ2v) is 3.92. The number of aliphatic hydroxyl groups excluding tert-OH is 1. The van der Waals surface area contributed by atoms with Gasteiger partial charge in [0.2, 0.25) is 0 Å². The maximum atomic E-state index is 13.2. The van der Waals surface area contributed by atoms with Gasteiger partial charge in [0, 0.05) is 16.7 Å². The molecule has 0 aliphatic rings. The fourth-order valence-corrected chi connectivity index (χ4v) is 1.62. The summed E-state index contributed by atoms with van der Waals surface area (Å²) in [6.07, 6.45) is 4.00. The van der Waals surface area contributed by atoms with Crippen LogP contribution in [0.25, 0.3) is 0 Å². The highest BCUT2D eigenvalue weighted by Gasteiger charge is 2.09. The molecule has 0 aromatic heterocycles. The lowest BCUT2D eigenvalue weighted by Gasteiger charge is -2.06. The van der Waals surface area contributed by atoms with Gasteiger partial charge in [-0.3, -0.25) is 0 Å². The van der Waals surface area contributed by atoms with Crippen molar-refractivity contribution in [3.05, 3.63) is 71.0 Å². The zero-order valence-corrected chi connectivity index (χ0v) is 10.1. The Kier molecular flexibility index (Phi) is 3.98. The molecule has 0 saturated heterocycles. The van der Waals surface area contributed by atoms with Crippen LogP contribution in [0.1, 0.15) is 22.8 Å². The number of benzene rings is 2. The maximum Gasteiger partial charge on any atom is 0.141 e. The Hall–Kier alpha value is -2.55. The molecular formula is C17H11FO. The van der Waals surface area contributed by atoms with Crippen LogP contribution in [0.15, 0.2) is 48.5 Å². The Morgan fingerprint density at radius 3 is 2.47 bits per heavy atom. The predicted octanol–water partition coefficient (Wildman–Crippen LogP) is 2.89. The van der Waals surface area contributed by atoms with E-state index in [1.165, 1.54) is 18.2 Å². The quantitative estimate of drug-likeness (QED) is 0.772. The van der Waals surface area contributed by atoms with Crippen LogP contribution in [-0.2, 0) is 0 Å². The lowest BCUT2D eigenvalue weighted by atomic mass is 10.0. The molecule has 1 nitrogen and oxygen atoms in total. The van der Waals surface area contributed by atoms with E-state index in [1.807, 2.05) is 30.3 Å². The maximum absolute atomic E-state index is 13.2. The molecule has 0 saturated carbocycles. The van der Waals surface area contributed by atoms with Gasteiger partial charge in [0.1, 0.15) is 11.9 Å². The van der Waals surface area contributed by atoms with E-state index in [0.717, 1.165) is 5.56 Å². The largest absolute Gasteiger partial charge is 0.376 e. The van der Waals surface area contributed by atoms with E-state index in [4.69, 9.17) is 6.42 Å². The molecule has 1 unspecified atom stereocenters. The fourth-order valence-electron chi connectivity index (χ4n) is 1.62. The van der Waals surface area contributed by atoms with Crippen molar-refractivity contribution >= 4 is 0 Å². The smallest absolute Gasteiger partial charge is 0.141 e. The molecule has 1 atom stereocenters. The predicted molar refractivity (Wildman–Crippen MR) is 72.6 cm³/mol. The summed E-state index contributed by atoms with van der Waals surface area (Å²) in [5.41, 5.74) is 1.68. The Balaban J connectivity index is 2.42. The summed E-state index contributed by atoms with van der Waals surface area (Å²) in [6, 6.07) is 13.4. The van der Waals surface area contributed by atoms with Gasteiger partial charge in [0.25, 0.3) is 0 Å². The minimum absolute atomic E-state index is 0.311. The average Bonchev–Trinajstić information content (AvgIpc) is 2.46. The van der Waals surface area contributed by atoms with Crippen LogP contribution in [0.5, 0.6) is 0 Å². The lowest BCUT2D eigenvalue weighted by molar-refractivity contribution is 0.237. The van der Waals surface area contributed by atoms with Crippen molar-refractivity contribution in [2.45, 2.75) is 6.10 Å². The van der Waals surface area contributed by atoms with Crippen molar-refractivity contribution in [2.24, 2.45) is 0 Å². The highest BCUT2D eigenvalue weighted by atomic mass is 19.1. The van der Waals surface area contributed by atoms with Gasteiger partial charge in [-0.15, -0.1) is 6.42 Å². The van der Waals surface area contributed by atoms with Crippen LogP contribution in [-0.4, -0.2) is 5.11 Å². The van der Waals surface area contributed by atoms with E-state index in [-0.39, 0.29) is 0 Å². The lowest BCUT2D eigenvalue weighted by Crippen LogP contribution is -1.98. The number of rotatable bonds is 1. The van der Waals surface area contributed by atoms with Gasteiger partial charge in [-0.2, -0.15) is 0 Å². The molecule has 0 amide bonds. The summed E-state index contributed by atoms with van der Waals surface area (Å²) in [5.74, 6) is 7.57. The van der Waals surface area contributed by atoms with E-state index >= 15 is 0 Å². The molecule has 2 heteroatoms. The first-order valence-corrected chi connectivity index (χ1v) is 5.71. The van der Waals surface area contributed by atoms with Crippen LogP contribution in [0, 0.1) is 30.0 Å². The molecule has 1 N–H and O–H groups in total. The van der Waals surface area contributed by atoms with Gasteiger partial charge in [0.15, 0.2) is 0 Å². The number of hydrogen-bond donors (Lipinski definition) is 1. The van der Waals surface area contributed by atoms with Crippen molar-refractivity contribution < 1.29 is 9.50 Å². The summed E-state index contributed by atoms with van der Waals surface area (Å²) in [4.78, 5) is 0. The summed E-state index contributed by atoms with van der Waals surface area (Å²) in [5, 5.41) is 9.66. The highest BCUT2D eigenvalue weighted by molar-refractivity contribution is 5.48. The van der Waals surface area contributed by atoms with Crippen molar-refractivity contribution in [3.63, 3.8) is 0 Å². The first kappa shape index (κ1) is 12.9. The van der Waals surface area contributed by atoms with Crippen LogP contribution in [0.2, 0.25) is 0 Å². The molecule has 0 radical (unpaired) electrons. The zero-order valence-electron chi connectivity index (χ0n) is 10.1. The first-order valence-electron chi connectivity index (χ1n) is 5.71. The topological polar surface area (TPSA) is 20.2 Å². The summed E-state index contributed by atoms with van der Waals surface area (Å²) >= 11 is 0. The van der Waals surface area contributed by atoms with Crippen molar-refractivity contribution in [1.29, 1.82) is 0 Å². The van der Waals surface area contributed by atoms with Gasteiger partial charge in [0.05, 0.1) is 0 Å². The Morgan fingerprint density at radius 2 is 1.79 bits per heavy atom. The second kappa shape index (κ2) is 5.87. The molecule has 0 heterocycles. The molecule has 19 heavy (non-hydrogen) atoms. The van der Waals surface area contributed by atoms with Gasteiger partial charge in [-0.1, -0.05) is 36.0 Å². The molecule has 2 rings (SSSR count). The SMILES string of the molecule is C#CC(O)c1cc(F)ccc1C#Cc1ccccc1. The number of aliphatic hydroxyl groups is 1. The van der Waals surface area contributed by atoms with Gasteiger partial charge < -0.3 is 5.11 Å². The van der Waals surface area contributed by atoms with Gasteiger partial charge in [-0.25, -0.2) is 4.39 Å².